The molecule has 21 heavy (non-hydrogen) atoms. The highest BCUT2D eigenvalue weighted by Gasteiger charge is 2.26. The molecule has 3 rings (SSSR count). The van der Waals surface area contributed by atoms with Crippen LogP contribution in [0.15, 0.2) is 18.2 Å². The van der Waals surface area contributed by atoms with Crippen LogP contribution in [0.3, 0.4) is 0 Å². The van der Waals surface area contributed by atoms with E-state index < -0.39 is 0 Å². The number of hydrogen-bond donors (Lipinski definition) is 1. The first-order valence-electron chi connectivity index (χ1n) is 7.86. The van der Waals surface area contributed by atoms with Gasteiger partial charge in [0.2, 0.25) is 0 Å². The lowest BCUT2D eigenvalue weighted by Gasteiger charge is -2.33. The Morgan fingerprint density at radius 3 is 2.86 bits per heavy atom. The molecule has 2 aliphatic rings. The Bertz CT molecular complexity index is 534. The summed E-state index contributed by atoms with van der Waals surface area (Å²) in [6.07, 6.45) is 3.14. The average molecular weight is 288 g/mol. The average Bonchev–Trinajstić information content (AvgIpc) is 2.96. The zero-order valence-electron chi connectivity index (χ0n) is 12.9. The number of carbonyl (C=O) groups excluding carboxylic acids is 1. The second-order valence-corrected chi connectivity index (χ2v) is 6.65. The quantitative estimate of drug-likeness (QED) is 0.865. The summed E-state index contributed by atoms with van der Waals surface area (Å²) in [5.74, 6) is 1.05. The summed E-state index contributed by atoms with van der Waals surface area (Å²) in [6.45, 7) is 8.03. The summed E-state index contributed by atoms with van der Waals surface area (Å²) in [5, 5.41) is 3.36. The number of ether oxygens (including phenoxy) is 1. The van der Waals surface area contributed by atoms with E-state index in [0.717, 1.165) is 43.2 Å². The zero-order chi connectivity index (χ0) is 14.9. The Labute approximate surface area is 126 Å². The van der Waals surface area contributed by atoms with Gasteiger partial charge in [-0.1, -0.05) is 0 Å². The monoisotopic (exact) mass is 288 g/mol. The van der Waals surface area contributed by atoms with Crippen LogP contribution in [0.2, 0.25) is 0 Å². The molecule has 0 radical (unpaired) electrons. The Morgan fingerprint density at radius 2 is 2.10 bits per heavy atom. The topological polar surface area (TPSA) is 41.6 Å². The van der Waals surface area contributed by atoms with Gasteiger partial charge in [0.25, 0.3) is 0 Å². The van der Waals surface area contributed by atoms with Crippen molar-refractivity contribution in [3.8, 4) is 5.75 Å². The molecule has 2 heterocycles. The van der Waals surface area contributed by atoms with Gasteiger partial charge < -0.3 is 15.0 Å². The van der Waals surface area contributed by atoms with Crippen molar-refractivity contribution >= 4 is 11.5 Å². The molecule has 0 atom stereocenters. The van der Waals surface area contributed by atoms with Crippen molar-refractivity contribution in [1.29, 1.82) is 0 Å². The molecule has 0 amide bonds. The summed E-state index contributed by atoms with van der Waals surface area (Å²) in [7, 11) is 0. The molecular weight excluding hydrogens is 264 g/mol. The van der Waals surface area contributed by atoms with Gasteiger partial charge in [-0.2, -0.15) is 0 Å². The summed E-state index contributed by atoms with van der Waals surface area (Å²) in [5.41, 5.74) is 1.51. The van der Waals surface area contributed by atoms with Crippen LogP contribution >= 0.6 is 0 Å². The second-order valence-electron chi connectivity index (χ2n) is 6.65. The Hall–Kier alpha value is -1.55. The minimum Gasteiger partial charge on any atom is -0.484 e. The molecule has 4 heteroatoms. The number of anilines is 1. The van der Waals surface area contributed by atoms with Gasteiger partial charge in [-0.25, -0.2) is 0 Å². The van der Waals surface area contributed by atoms with E-state index in [1.807, 2.05) is 18.2 Å². The highest BCUT2D eigenvalue weighted by Crippen LogP contribution is 2.33. The molecule has 0 bridgehead atoms. The Morgan fingerprint density at radius 1 is 1.33 bits per heavy atom. The minimum atomic E-state index is -0.200. The molecule has 0 unspecified atom stereocenters. The fourth-order valence-corrected chi connectivity index (χ4v) is 2.98. The first kappa shape index (κ1) is 14.4. The molecule has 1 saturated heterocycles. The fraction of sp³-hybridized carbons (Fsp3) is 0.588. The van der Waals surface area contributed by atoms with Gasteiger partial charge in [-0.15, -0.1) is 0 Å². The molecule has 1 fully saturated rings. The van der Waals surface area contributed by atoms with E-state index in [2.05, 4.69) is 24.1 Å². The molecule has 0 saturated carbocycles. The van der Waals surface area contributed by atoms with Crippen LogP contribution in [0.4, 0.5) is 5.69 Å². The van der Waals surface area contributed by atoms with E-state index in [0.29, 0.717) is 6.42 Å². The zero-order valence-corrected chi connectivity index (χ0v) is 12.9. The maximum absolute atomic E-state index is 12.3. The fourth-order valence-electron chi connectivity index (χ4n) is 2.98. The molecule has 1 N–H and O–H groups in total. The predicted octanol–water partition coefficient (Wildman–Crippen LogP) is 2.94. The summed E-state index contributed by atoms with van der Waals surface area (Å²) >= 11 is 0. The molecule has 1 aromatic rings. The number of rotatable bonds is 4. The maximum atomic E-state index is 12.3. The summed E-state index contributed by atoms with van der Waals surface area (Å²) in [4.78, 5) is 14.7. The number of nitrogens with one attached hydrogen (secondary N) is 1. The third kappa shape index (κ3) is 3.38. The molecule has 1 aromatic carbocycles. The molecule has 2 aliphatic heterocycles. The van der Waals surface area contributed by atoms with E-state index >= 15 is 0 Å². The van der Waals surface area contributed by atoms with Crippen LogP contribution in [0, 0.1) is 0 Å². The number of likely N-dealkylation sites (tertiary alicyclic amines) is 1. The number of nitrogens with zero attached hydrogens (tertiary/aromatic N) is 1. The van der Waals surface area contributed by atoms with E-state index in [-0.39, 0.29) is 11.4 Å². The van der Waals surface area contributed by atoms with Crippen LogP contribution in [0.25, 0.3) is 0 Å². The van der Waals surface area contributed by atoms with Gasteiger partial charge in [0.15, 0.2) is 5.78 Å². The number of benzene rings is 1. The van der Waals surface area contributed by atoms with Gasteiger partial charge in [-0.3, -0.25) is 4.79 Å². The minimum absolute atomic E-state index is 0.200. The number of ketones is 1. The smallest absolute Gasteiger partial charge is 0.164 e. The van der Waals surface area contributed by atoms with Crippen molar-refractivity contribution in [1.82, 2.24) is 4.90 Å². The highest BCUT2D eigenvalue weighted by atomic mass is 16.5. The Kier molecular flexibility index (Phi) is 3.89. The third-order valence-corrected chi connectivity index (χ3v) is 4.25. The van der Waals surface area contributed by atoms with E-state index in [4.69, 9.17) is 4.74 Å². The first-order valence-corrected chi connectivity index (χ1v) is 7.86. The molecule has 114 valence electrons. The third-order valence-electron chi connectivity index (χ3n) is 4.25. The van der Waals surface area contributed by atoms with Crippen LogP contribution in [-0.4, -0.2) is 42.5 Å². The highest BCUT2D eigenvalue weighted by molar-refractivity contribution is 5.97. The first-order chi connectivity index (χ1) is 10.0. The van der Waals surface area contributed by atoms with Gasteiger partial charge in [0.1, 0.15) is 11.4 Å². The summed E-state index contributed by atoms with van der Waals surface area (Å²) < 4.78 is 5.91. The van der Waals surface area contributed by atoms with Crippen molar-refractivity contribution < 1.29 is 9.53 Å². The SMILES string of the molecule is CC1(C)CNc2cc(C(=O)CCN3CCCC3)ccc2O1. The number of carbonyl (C=O) groups is 1. The van der Waals surface area contributed by atoms with E-state index in [1.54, 1.807) is 0 Å². The number of hydrogen-bond acceptors (Lipinski definition) is 4. The van der Waals surface area contributed by atoms with Crippen molar-refractivity contribution in [2.45, 2.75) is 38.7 Å². The molecule has 0 spiro atoms. The molecular formula is C17H24N2O2. The lowest BCUT2D eigenvalue weighted by molar-refractivity contribution is 0.0968. The van der Waals surface area contributed by atoms with Gasteiger partial charge in [-0.05, 0) is 58.0 Å². The van der Waals surface area contributed by atoms with Gasteiger partial charge in [0, 0.05) is 18.5 Å². The van der Waals surface area contributed by atoms with Crippen molar-refractivity contribution in [3.05, 3.63) is 23.8 Å². The van der Waals surface area contributed by atoms with E-state index in [9.17, 15) is 4.79 Å². The molecule has 0 aliphatic carbocycles. The molecule has 4 nitrogen and oxygen atoms in total. The van der Waals surface area contributed by atoms with Gasteiger partial charge in [0.05, 0.1) is 12.2 Å². The second kappa shape index (κ2) is 5.68. The van der Waals surface area contributed by atoms with Gasteiger partial charge >= 0.3 is 0 Å². The number of fused-ring (bicyclic) bond motifs is 1. The number of Topliss-reactive ketones (excluding diaryl/α,β-unsaturated/α-hetero) is 1. The van der Waals surface area contributed by atoms with Crippen molar-refractivity contribution in [2.75, 3.05) is 31.5 Å². The normalized spacial score (nSPS) is 20.5. The standard InChI is InChI=1S/C17H24N2O2/c1-17(2)12-18-14-11-13(5-6-16(14)21-17)15(20)7-10-19-8-3-4-9-19/h5-6,11,18H,3-4,7-10,12H2,1-2H3. The Balaban J connectivity index is 1.64. The van der Waals surface area contributed by atoms with Crippen LogP contribution in [0.5, 0.6) is 5.75 Å². The van der Waals surface area contributed by atoms with Crippen molar-refractivity contribution in [2.24, 2.45) is 0 Å². The van der Waals surface area contributed by atoms with Crippen LogP contribution < -0.4 is 10.1 Å². The lowest BCUT2D eigenvalue weighted by Crippen LogP contribution is -2.40. The summed E-state index contributed by atoms with van der Waals surface area (Å²) in [6, 6.07) is 5.72. The van der Waals surface area contributed by atoms with Crippen molar-refractivity contribution in [3.63, 3.8) is 0 Å². The lowest BCUT2D eigenvalue weighted by atomic mass is 10.0. The van der Waals surface area contributed by atoms with Crippen LogP contribution in [-0.2, 0) is 0 Å². The maximum Gasteiger partial charge on any atom is 0.164 e. The predicted molar refractivity (Wildman–Crippen MR) is 84.3 cm³/mol. The largest absolute Gasteiger partial charge is 0.484 e. The van der Waals surface area contributed by atoms with E-state index in [1.165, 1.54) is 12.8 Å². The van der Waals surface area contributed by atoms with Crippen LogP contribution in [0.1, 0.15) is 43.5 Å². The molecule has 0 aromatic heterocycles.